The number of fused-ring (bicyclic) bond motifs is 6. The van der Waals surface area contributed by atoms with Gasteiger partial charge in [-0.15, -0.1) is 0 Å². The molecule has 2 aliphatic rings. The number of methoxy groups -OCH3 is 2. The first-order valence-corrected chi connectivity index (χ1v) is 18.3. The van der Waals surface area contributed by atoms with E-state index >= 15 is 0 Å². The van der Waals surface area contributed by atoms with Crippen LogP contribution in [0, 0.1) is 13.8 Å². The van der Waals surface area contributed by atoms with E-state index in [2.05, 4.69) is 121 Å². The number of hydrogen-bond donors (Lipinski definition) is 2. The summed E-state index contributed by atoms with van der Waals surface area (Å²) in [6, 6.07) is 41.8. The molecule has 6 aromatic rings. The quantitative estimate of drug-likeness (QED) is 0.165. The lowest BCUT2D eigenvalue weighted by atomic mass is 9.98. The molecule has 0 saturated heterocycles. The van der Waals surface area contributed by atoms with Gasteiger partial charge in [-0.05, 0) is 84.6 Å². The third-order valence-electron chi connectivity index (χ3n) is 8.75. The second-order valence-corrected chi connectivity index (χ2v) is 14.7. The fourth-order valence-corrected chi connectivity index (χ4v) is 9.89. The van der Waals surface area contributed by atoms with E-state index in [0.29, 0.717) is 0 Å². The summed E-state index contributed by atoms with van der Waals surface area (Å²) >= 11 is 0. The van der Waals surface area contributed by atoms with E-state index in [9.17, 15) is 0 Å². The van der Waals surface area contributed by atoms with E-state index in [1.54, 1.807) is 14.2 Å². The van der Waals surface area contributed by atoms with Gasteiger partial charge < -0.3 is 28.7 Å². The highest BCUT2D eigenvalue weighted by atomic mass is 31.2. The number of nitrogens with one attached hydrogen (secondary N) is 2. The van der Waals surface area contributed by atoms with Crippen LogP contribution < -0.4 is 39.3 Å². The molecule has 8 heteroatoms. The Kier molecular flexibility index (Phi) is 7.92. The summed E-state index contributed by atoms with van der Waals surface area (Å²) in [6.45, 7) is 4.13. The molecule has 2 N–H and O–H groups in total. The number of para-hydroxylation sites is 2. The maximum absolute atomic E-state index is 7.11. The standard InChI is InChI=1S/C40H34N2O4P2/c1-25-21-27(43-3)23-33(39(25)45-47-37-19-11-7-15-31(37)29-13-5-9-17-35(29)41-47)34-24-28(44-4)22-26(2)40(34)46-48-38-20-12-8-16-32(38)30-14-6-10-18-36(30)42-48/h5-24,41-42H,1-4H3. The van der Waals surface area contributed by atoms with Crippen LogP contribution in [0.1, 0.15) is 11.1 Å². The molecule has 0 spiro atoms. The zero-order valence-corrected chi connectivity index (χ0v) is 28.9. The van der Waals surface area contributed by atoms with Gasteiger partial charge in [0.1, 0.15) is 23.0 Å². The van der Waals surface area contributed by atoms with E-state index in [0.717, 1.165) is 67.2 Å². The molecule has 0 radical (unpaired) electrons. The second-order valence-electron chi connectivity index (χ2n) is 11.8. The van der Waals surface area contributed by atoms with Crippen molar-refractivity contribution in [2.75, 3.05) is 24.4 Å². The molecule has 2 heterocycles. The largest absolute Gasteiger partial charge is 0.497 e. The Bertz CT molecular complexity index is 2030. The van der Waals surface area contributed by atoms with Crippen LogP contribution in [-0.4, -0.2) is 14.2 Å². The molecule has 0 bridgehead atoms. The van der Waals surface area contributed by atoms with Crippen molar-refractivity contribution in [1.29, 1.82) is 0 Å². The molecule has 0 amide bonds. The Morgan fingerprint density at radius 1 is 0.438 bits per heavy atom. The van der Waals surface area contributed by atoms with E-state index in [1.165, 1.54) is 22.3 Å². The molecule has 6 aromatic carbocycles. The van der Waals surface area contributed by atoms with Gasteiger partial charge in [-0.25, -0.2) is 0 Å². The Morgan fingerprint density at radius 3 is 1.23 bits per heavy atom. The molecular weight excluding hydrogens is 634 g/mol. The minimum absolute atomic E-state index is 0.733. The number of rotatable bonds is 7. The zero-order valence-electron chi connectivity index (χ0n) is 27.1. The van der Waals surface area contributed by atoms with Crippen LogP contribution in [0.2, 0.25) is 0 Å². The average molecular weight is 669 g/mol. The van der Waals surface area contributed by atoms with Crippen LogP contribution in [0.15, 0.2) is 121 Å². The van der Waals surface area contributed by atoms with Crippen LogP contribution >= 0.6 is 16.6 Å². The Labute approximate surface area is 283 Å². The van der Waals surface area contributed by atoms with Crippen LogP contribution in [0.4, 0.5) is 11.4 Å². The maximum Gasteiger partial charge on any atom is 0.223 e. The lowest BCUT2D eigenvalue weighted by Gasteiger charge is -2.31. The van der Waals surface area contributed by atoms with Crippen LogP contribution in [0.25, 0.3) is 33.4 Å². The zero-order chi connectivity index (χ0) is 32.8. The molecule has 2 atom stereocenters. The average Bonchev–Trinajstić information content (AvgIpc) is 3.13. The number of benzene rings is 6. The second kappa shape index (κ2) is 12.5. The summed E-state index contributed by atoms with van der Waals surface area (Å²) in [5.41, 5.74) is 10.5. The van der Waals surface area contributed by atoms with Crippen molar-refractivity contribution >= 4 is 38.6 Å². The first-order chi connectivity index (χ1) is 23.5. The van der Waals surface area contributed by atoms with Crippen molar-refractivity contribution in [3.63, 3.8) is 0 Å². The number of hydrogen-bond acceptors (Lipinski definition) is 6. The molecule has 6 nitrogen and oxygen atoms in total. The van der Waals surface area contributed by atoms with Crippen LogP contribution in [-0.2, 0) is 0 Å². The van der Waals surface area contributed by atoms with Gasteiger partial charge in [-0.3, -0.25) is 0 Å². The number of ether oxygens (including phenoxy) is 2. The van der Waals surface area contributed by atoms with Gasteiger partial charge in [0, 0.05) is 44.2 Å². The summed E-state index contributed by atoms with van der Waals surface area (Å²) in [6.07, 6.45) is 0. The van der Waals surface area contributed by atoms with Gasteiger partial charge in [-0.1, -0.05) is 72.8 Å². The normalized spacial score (nSPS) is 15.4. The molecule has 2 unspecified atom stereocenters. The Hall–Kier alpha value is -5.02. The highest BCUT2D eigenvalue weighted by molar-refractivity contribution is 7.63. The van der Waals surface area contributed by atoms with Crippen molar-refractivity contribution in [3.05, 3.63) is 132 Å². The number of aryl methyl sites for hydroxylation is 2. The molecule has 0 fully saturated rings. The van der Waals surface area contributed by atoms with E-state index < -0.39 is 16.6 Å². The molecule has 48 heavy (non-hydrogen) atoms. The van der Waals surface area contributed by atoms with Crippen LogP contribution in [0.3, 0.4) is 0 Å². The van der Waals surface area contributed by atoms with Gasteiger partial charge in [0.2, 0.25) is 16.6 Å². The predicted molar refractivity (Wildman–Crippen MR) is 200 cm³/mol. The molecule has 0 aliphatic carbocycles. The third kappa shape index (κ3) is 5.32. The topological polar surface area (TPSA) is 61.0 Å². The van der Waals surface area contributed by atoms with Crippen molar-refractivity contribution < 1.29 is 18.5 Å². The highest BCUT2D eigenvalue weighted by Gasteiger charge is 2.31. The summed E-state index contributed by atoms with van der Waals surface area (Å²) in [4.78, 5) is 0. The van der Waals surface area contributed by atoms with Gasteiger partial charge in [0.15, 0.2) is 0 Å². The van der Waals surface area contributed by atoms with Crippen molar-refractivity contribution in [1.82, 2.24) is 0 Å². The molecule has 2 aliphatic heterocycles. The van der Waals surface area contributed by atoms with E-state index in [-0.39, 0.29) is 0 Å². The van der Waals surface area contributed by atoms with Crippen LogP contribution in [0.5, 0.6) is 23.0 Å². The van der Waals surface area contributed by atoms with Gasteiger partial charge >= 0.3 is 0 Å². The fraction of sp³-hybridized carbons (Fsp3) is 0.100. The molecule has 0 saturated carbocycles. The highest BCUT2D eigenvalue weighted by Crippen LogP contribution is 2.55. The maximum atomic E-state index is 7.11. The number of anilines is 2. The third-order valence-corrected chi connectivity index (χ3v) is 12.0. The van der Waals surface area contributed by atoms with Gasteiger partial charge in [0.05, 0.1) is 14.2 Å². The fourth-order valence-electron chi connectivity index (χ4n) is 6.41. The minimum atomic E-state index is -1.27. The molecular formula is C40H34N2O4P2. The molecule has 0 aromatic heterocycles. The lowest BCUT2D eigenvalue weighted by Crippen LogP contribution is -2.20. The van der Waals surface area contributed by atoms with E-state index in [4.69, 9.17) is 18.5 Å². The first-order valence-electron chi connectivity index (χ1n) is 15.8. The van der Waals surface area contributed by atoms with Crippen molar-refractivity contribution in [2.45, 2.75) is 13.8 Å². The Balaban J connectivity index is 1.26. The Morgan fingerprint density at radius 2 is 0.812 bits per heavy atom. The summed E-state index contributed by atoms with van der Waals surface area (Å²) in [7, 11) is 0.848. The van der Waals surface area contributed by atoms with E-state index in [1.807, 2.05) is 24.3 Å². The summed E-state index contributed by atoms with van der Waals surface area (Å²) in [5.74, 6) is 2.99. The van der Waals surface area contributed by atoms with Crippen molar-refractivity contribution in [3.8, 4) is 56.4 Å². The smallest absolute Gasteiger partial charge is 0.223 e. The van der Waals surface area contributed by atoms with Crippen molar-refractivity contribution in [2.24, 2.45) is 0 Å². The molecule has 8 rings (SSSR count). The monoisotopic (exact) mass is 668 g/mol. The first kappa shape index (κ1) is 30.3. The SMILES string of the molecule is COc1cc(C)c(OP2Nc3ccccc3-c3ccccc32)c(-c2cc(OC)cc(C)c2OP2Nc3ccccc3-c3ccccc32)c1. The van der Waals surface area contributed by atoms with Gasteiger partial charge in [-0.2, -0.15) is 0 Å². The molecule has 238 valence electrons. The van der Waals surface area contributed by atoms with Gasteiger partial charge in [0.25, 0.3) is 0 Å². The predicted octanol–water partition coefficient (Wildman–Crippen LogP) is 10.2. The lowest BCUT2D eigenvalue weighted by molar-refractivity contribution is 0.413. The summed E-state index contributed by atoms with van der Waals surface area (Å²) in [5, 5.41) is 9.71. The summed E-state index contributed by atoms with van der Waals surface area (Å²) < 4.78 is 25.9. The minimum Gasteiger partial charge on any atom is -0.497 e.